The zero-order chi connectivity index (χ0) is 6.97. The molecule has 0 radical (unpaired) electrons. The average molecular weight is 133 g/mol. The van der Waals surface area contributed by atoms with E-state index in [1.165, 1.54) is 0 Å². The summed E-state index contributed by atoms with van der Waals surface area (Å²) in [6.45, 7) is 2.01. The van der Waals surface area contributed by atoms with Gasteiger partial charge in [0, 0.05) is 0 Å². The molecule has 0 unspecified atom stereocenters. The lowest BCUT2D eigenvalue weighted by Crippen LogP contribution is -1.88. The largest absolute Gasteiger partial charge is 0.243 e. The van der Waals surface area contributed by atoms with Crippen molar-refractivity contribution in [1.82, 2.24) is 14.6 Å². The first-order valence-electron chi connectivity index (χ1n) is 3.11. The van der Waals surface area contributed by atoms with Gasteiger partial charge < -0.3 is 0 Å². The van der Waals surface area contributed by atoms with Gasteiger partial charge in [-0.3, -0.25) is 0 Å². The van der Waals surface area contributed by atoms with Gasteiger partial charge in [0.2, 0.25) is 0 Å². The third kappa shape index (κ3) is 0.673. The van der Waals surface area contributed by atoms with Crippen LogP contribution < -0.4 is 0 Å². The van der Waals surface area contributed by atoms with Gasteiger partial charge in [-0.15, -0.1) is 0 Å². The van der Waals surface area contributed by atoms with Crippen molar-refractivity contribution in [3.8, 4) is 0 Å². The summed E-state index contributed by atoms with van der Waals surface area (Å²) in [5.74, 6) is 0. The Morgan fingerprint density at radius 2 is 2.30 bits per heavy atom. The second-order valence-corrected chi connectivity index (χ2v) is 2.30. The van der Waals surface area contributed by atoms with Gasteiger partial charge in [0.05, 0.1) is 17.9 Å². The summed E-state index contributed by atoms with van der Waals surface area (Å²) >= 11 is 0. The molecule has 50 valence electrons. The van der Waals surface area contributed by atoms with Crippen molar-refractivity contribution >= 4 is 5.52 Å². The summed E-state index contributed by atoms with van der Waals surface area (Å²) < 4.78 is 1.74. The highest BCUT2D eigenvalue weighted by Gasteiger charge is 1.91. The van der Waals surface area contributed by atoms with Crippen LogP contribution in [0.3, 0.4) is 0 Å². The predicted molar refractivity (Wildman–Crippen MR) is 37.7 cm³/mol. The summed E-state index contributed by atoms with van der Waals surface area (Å²) in [7, 11) is 0. The SMILES string of the molecule is Cc1cnn2cncc2c1. The second-order valence-electron chi connectivity index (χ2n) is 2.30. The molecule has 0 amide bonds. The molecule has 2 aromatic heterocycles. The van der Waals surface area contributed by atoms with Crippen LogP contribution >= 0.6 is 0 Å². The molecule has 0 fully saturated rings. The van der Waals surface area contributed by atoms with E-state index in [4.69, 9.17) is 0 Å². The zero-order valence-electron chi connectivity index (χ0n) is 5.65. The molecular formula is C7H7N3. The van der Waals surface area contributed by atoms with Gasteiger partial charge in [0.25, 0.3) is 0 Å². The summed E-state index contributed by atoms with van der Waals surface area (Å²) in [5.41, 5.74) is 2.20. The van der Waals surface area contributed by atoms with Crippen LogP contribution in [-0.2, 0) is 0 Å². The van der Waals surface area contributed by atoms with Gasteiger partial charge in [-0.25, -0.2) is 9.50 Å². The molecule has 0 bridgehead atoms. The molecule has 0 aromatic carbocycles. The normalized spacial score (nSPS) is 10.5. The van der Waals surface area contributed by atoms with E-state index < -0.39 is 0 Å². The molecule has 3 nitrogen and oxygen atoms in total. The Morgan fingerprint density at radius 3 is 3.20 bits per heavy atom. The highest BCUT2D eigenvalue weighted by Crippen LogP contribution is 2.01. The van der Waals surface area contributed by atoms with Crippen molar-refractivity contribution in [2.24, 2.45) is 0 Å². The van der Waals surface area contributed by atoms with Crippen molar-refractivity contribution in [2.75, 3.05) is 0 Å². The zero-order valence-corrected chi connectivity index (χ0v) is 5.65. The maximum absolute atomic E-state index is 4.09. The molecule has 0 aliphatic rings. The van der Waals surface area contributed by atoms with Crippen LogP contribution in [0.25, 0.3) is 5.52 Å². The monoisotopic (exact) mass is 133 g/mol. The van der Waals surface area contributed by atoms with Crippen LogP contribution in [0.1, 0.15) is 5.56 Å². The fourth-order valence-electron chi connectivity index (χ4n) is 0.922. The Morgan fingerprint density at radius 1 is 1.40 bits per heavy atom. The average Bonchev–Trinajstić information content (AvgIpc) is 2.33. The van der Waals surface area contributed by atoms with Gasteiger partial charge in [-0.05, 0) is 18.6 Å². The molecule has 0 saturated carbocycles. The number of aryl methyl sites for hydroxylation is 1. The van der Waals surface area contributed by atoms with Crippen LogP contribution in [-0.4, -0.2) is 14.6 Å². The summed E-state index contributed by atoms with van der Waals surface area (Å²) in [6, 6.07) is 2.04. The summed E-state index contributed by atoms with van der Waals surface area (Å²) in [6.07, 6.45) is 5.30. The molecule has 3 heteroatoms. The van der Waals surface area contributed by atoms with Gasteiger partial charge in [0.1, 0.15) is 6.33 Å². The first kappa shape index (κ1) is 5.41. The minimum atomic E-state index is 1.04. The van der Waals surface area contributed by atoms with Crippen molar-refractivity contribution in [3.05, 3.63) is 30.4 Å². The number of imidazole rings is 1. The third-order valence-electron chi connectivity index (χ3n) is 1.41. The van der Waals surface area contributed by atoms with Crippen molar-refractivity contribution < 1.29 is 0 Å². The molecule has 10 heavy (non-hydrogen) atoms. The Bertz CT molecular complexity index is 350. The second kappa shape index (κ2) is 1.80. The molecule has 0 saturated heterocycles. The first-order chi connectivity index (χ1) is 4.86. The molecule has 0 spiro atoms. The predicted octanol–water partition coefficient (Wildman–Crippen LogP) is 1.04. The lowest BCUT2D eigenvalue weighted by atomic mass is 10.3. The number of aromatic nitrogens is 3. The van der Waals surface area contributed by atoms with E-state index in [2.05, 4.69) is 10.1 Å². The molecule has 2 heterocycles. The molecule has 2 rings (SSSR count). The number of rotatable bonds is 0. The standard InChI is InChI=1S/C7H7N3/c1-6-2-7-4-8-5-10(7)9-3-6/h2-5H,1H3. The Balaban J connectivity index is 2.86. The quantitative estimate of drug-likeness (QED) is 0.537. The van der Waals surface area contributed by atoms with Crippen LogP contribution in [0.2, 0.25) is 0 Å². The number of hydrogen-bond donors (Lipinski definition) is 0. The van der Waals surface area contributed by atoms with Gasteiger partial charge in [-0.1, -0.05) is 0 Å². The van der Waals surface area contributed by atoms with Crippen LogP contribution in [0.4, 0.5) is 0 Å². The topological polar surface area (TPSA) is 30.2 Å². The minimum absolute atomic E-state index is 1.04. The highest BCUT2D eigenvalue weighted by molar-refractivity contribution is 5.44. The van der Waals surface area contributed by atoms with E-state index in [1.54, 1.807) is 17.0 Å². The Labute approximate surface area is 58.3 Å². The summed E-state index contributed by atoms with van der Waals surface area (Å²) in [5, 5.41) is 4.09. The first-order valence-corrected chi connectivity index (χ1v) is 3.11. The number of hydrogen-bond acceptors (Lipinski definition) is 2. The Hall–Kier alpha value is -1.38. The van der Waals surface area contributed by atoms with E-state index in [1.807, 2.05) is 19.2 Å². The van der Waals surface area contributed by atoms with Crippen molar-refractivity contribution in [2.45, 2.75) is 6.92 Å². The maximum atomic E-state index is 4.09. The van der Waals surface area contributed by atoms with E-state index in [9.17, 15) is 0 Å². The molecule has 0 atom stereocenters. The lowest BCUT2D eigenvalue weighted by molar-refractivity contribution is 0.918. The number of nitrogens with zero attached hydrogens (tertiary/aromatic N) is 3. The molecule has 0 N–H and O–H groups in total. The van der Waals surface area contributed by atoms with Gasteiger partial charge in [0.15, 0.2) is 0 Å². The highest BCUT2D eigenvalue weighted by atomic mass is 15.2. The van der Waals surface area contributed by atoms with E-state index in [0.717, 1.165) is 11.1 Å². The molecule has 2 aromatic rings. The fourth-order valence-corrected chi connectivity index (χ4v) is 0.922. The van der Waals surface area contributed by atoms with Crippen molar-refractivity contribution in [1.29, 1.82) is 0 Å². The summed E-state index contributed by atoms with van der Waals surface area (Å²) in [4.78, 5) is 3.94. The molecular weight excluding hydrogens is 126 g/mol. The van der Waals surface area contributed by atoms with E-state index in [-0.39, 0.29) is 0 Å². The smallest absolute Gasteiger partial charge is 0.117 e. The van der Waals surface area contributed by atoms with Gasteiger partial charge in [-0.2, -0.15) is 5.10 Å². The van der Waals surface area contributed by atoms with Gasteiger partial charge >= 0.3 is 0 Å². The fraction of sp³-hybridized carbons (Fsp3) is 0.143. The molecule has 0 aliphatic carbocycles. The Kier molecular flexibility index (Phi) is 0.974. The van der Waals surface area contributed by atoms with E-state index in [0.29, 0.717) is 0 Å². The third-order valence-corrected chi connectivity index (χ3v) is 1.41. The van der Waals surface area contributed by atoms with Crippen LogP contribution in [0, 0.1) is 6.92 Å². The lowest BCUT2D eigenvalue weighted by Gasteiger charge is -1.91. The maximum Gasteiger partial charge on any atom is 0.117 e. The van der Waals surface area contributed by atoms with E-state index >= 15 is 0 Å². The van der Waals surface area contributed by atoms with Crippen LogP contribution in [0.5, 0.6) is 0 Å². The van der Waals surface area contributed by atoms with Crippen LogP contribution in [0.15, 0.2) is 24.8 Å². The minimum Gasteiger partial charge on any atom is -0.243 e. The number of fused-ring (bicyclic) bond motifs is 1. The molecule has 0 aliphatic heterocycles. The van der Waals surface area contributed by atoms with Crippen molar-refractivity contribution in [3.63, 3.8) is 0 Å².